The van der Waals surface area contributed by atoms with Crippen LogP contribution in [0.25, 0.3) is 21.8 Å². The van der Waals surface area contributed by atoms with Crippen molar-refractivity contribution in [3.05, 3.63) is 75.7 Å². The SMILES string of the molecule is CN1CCN(C(=O)Cn2ncc3c4ccccc4n(Cc4cccc(Cl)c4)c3c2=O)CC1. The van der Waals surface area contributed by atoms with Crippen LogP contribution in [-0.2, 0) is 17.9 Å². The minimum absolute atomic E-state index is 0.0584. The molecule has 1 amide bonds. The number of piperazine rings is 1. The fourth-order valence-corrected chi connectivity index (χ4v) is 4.59. The molecule has 8 heteroatoms. The van der Waals surface area contributed by atoms with Crippen LogP contribution in [-0.4, -0.2) is 63.3 Å². The first-order valence-corrected chi connectivity index (χ1v) is 11.1. The minimum Gasteiger partial charge on any atom is -0.339 e. The van der Waals surface area contributed by atoms with Crippen molar-refractivity contribution in [2.24, 2.45) is 0 Å². The topological polar surface area (TPSA) is 63.4 Å². The summed E-state index contributed by atoms with van der Waals surface area (Å²) in [5, 5.41) is 6.76. The summed E-state index contributed by atoms with van der Waals surface area (Å²) in [6.07, 6.45) is 1.70. The van der Waals surface area contributed by atoms with Gasteiger partial charge in [0.05, 0.1) is 6.20 Å². The molecule has 1 saturated heterocycles. The van der Waals surface area contributed by atoms with Gasteiger partial charge in [-0.3, -0.25) is 9.59 Å². The van der Waals surface area contributed by atoms with Crippen molar-refractivity contribution in [1.82, 2.24) is 24.1 Å². The van der Waals surface area contributed by atoms with Crippen molar-refractivity contribution in [2.75, 3.05) is 33.2 Å². The predicted octanol–water partition coefficient (Wildman–Crippen LogP) is 2.83. The summed E-state index contributed by atoms with van der Waals surface area (Å²) in [6, 6.07) is 15.5. The second-order valence-electron chi connectivity index (χ2n) is 8.29. The van der Waals surface area contributed by atoms with Gasteiger partial charge in [0, 0.05) is 54.0 Å². The van der Waals surface area contributed by atoms with Gasteiger partial charge in [-0.15, -0.1) is 0 Å². The lowest BCUT2D eigenvalue weighted by Crippen LogP contribution is -2.48. The molecule has 5 rings (SSSR count). The highest BCUT2D eigenvalue weighted by molar-refractivity contribution is 6.30. The lowest BCUT2D eigenvalue weighted by Gasteiger charge is -2.32. The molecule has 7 nitrogen and oxygen atoms in total. The number of amides is 1. The second kappa shape index (κ2) is 8.41. The first-order chi connectivity index (χ1) is 15.5. The maximum atomic E-state index is 13.5. The van der Waals surface area contributed by atoms with Gasteiger partial charge in [-0.05, 0) is 30.8 Å². The molecule has 3 heterocycles. The zero-order chi connectivity index (χ0) is 22.2. The van der Waals surface area contributed by atoms with Crippen molar-refractivity contribution in [2.45, 2.75) is 13.1 Å². The normalized spacial score (nSPS) is 15.0. The Labute approximate surface area is 190 Å². The molecule has 0 bridgehead atoms. The molecule has 1 aliphatic rings. The van der Waals surface area contributed by atoms with E-state index in [1.54, 1.807) is 11.1 Å². The van der Waals surface area contributed by atoms with Crippen molar-refractivity contribution < 1.29 is 4.79 Å². The van der Waals surface area contributed by atoms with E-state index >= 15 is 0 Å². The Kier molecular flexibility index (Phi) is 5.45. The third-order valence-electron chi connectivity index (χ3n) is 6.14. The number of aromatic nitrogens is 3. The van der Waals surface area contributed by atoms with E-state index in [4.69, 9.17) is 11.6 Å². The number of nitrogens with zero attached hydrogens (tertiary/aromatic N) is 5. The van der Waals surface area contributed by atoms with Crippen molar-refractivity contribution in [1.29, 1.82) is 0 Å². The molecule has 0 saturated carbocycles. The molecule has 0 spiro atoms. The monoisotopic (exact) mass is 449 g/mol. The number of hydrogen-bond acceptors (Lipinski definition) is 4. The van der Waals surface area contributed by atoms with Crippen LogP contribution >= 0.6 is 11.6 Å². The van der Waals surface area contributed by atoms with E-state index < -0.39 is 0 Å². The molecule has 0 aliphatic carbocycles. The van der Waals surface area contributed by atoms with Gasteiger partial charge < -0.3 is 14.4 Å². The highest BCUT2D eigenvalue weighted by Gasteiger charge is 2.22. The Morgan fingerprint density at radius 2 is 1.81 bits per heavy atom. The van der Waals surface area contributed by atoms with Gasteiger partial charge in [-0.1, -0.05) is 41.9 Å². The van der Waals surface area contributed by atoms with Crippen LogP contribution in [0, 0.1) is 0 Å². The fraction of sp³-hybridized carbons (Fsp3) is 0.292. The van der Waals surface area contributed by atoms with Gasteiger partial charge in [0.1, 0.15) is 12.1 Å². The summed E-state index contributed by atoms with van der Waals surface area (Å²) in [5.74, 6) is -0.0791. The van der Waals surface area contributed by atoms with Crippen LogP contribution in [0.15, 0.2) is 59.5 Å². The summed E-state index contributed by atoms with van der Waals surface area (Å²) in [6.45, 7) is 3.44. The van der Waals surface area contributed by atoms with Gasteiger partial charge in [0.2, 0.25) is 5.91 Å². The van der Waals surface area contributed by atoms with Crippen LogP contribution in [0.2, 0.25) is 5.02 Å². The zero-order valence-corrected chi connectivity index (χ0v) is 18.6. The first-order valence-electron chi connectivity index (χ1n) is 10.7. The summed E-state index contributed by atoms with van der Waals surface area (Å²) in [5.41, 5.74) is 2.23. The highest BCUT2D eigenvalue weighted by atomic mass is 35.5. The van der Waals surface area contributed by atoms with Crippen LogP contribution in [0.1, 0.15) is 5.56 Å². The minimum atomic E-state index is -0.261. The number of para-hydroxylation sites is 1. The number of hydrogen-bond donors (Lipinski definition) is 0. The van der Waals surface area contributed by atoms with Crippen molar-refractivity contribution >= 4 is 39.3 Å². The third-order valence-corrected chi connectivity index (χ3v) is 6.38. The zero-order valence-electron chi connectivity index (χ0n) is 17.9. The van der Waals surface area contributed by atoms with Crippen LogP contribution in [0.4, 0.5) is 0 Å². The molecule has 0 unspecified atom stereocenters. The van der Waals surface area contributed by atoms with E-state index in [0.717, 1.165) is 34.9 Å². The van der Waals surface area contributed by atoms with E-state index in [-0.39, 0.29) is 18.0 Å². The smallest absolute Gasteiger partial charge is 0.291 e. The average Bonchev–Trinajstić information content (AvgIpc) is 3.10. The molecule has 1 fully saturated rings. The van der Waals surface area contributed by atoms with Gasteiger partial charge in [-0.25, -0.2) is 4.68 Å². The molecule has 2 aromatic carbocycles. The molecule has 0 radical (unpaired) electrons. The maximum Gasteiger partial charge on any atom is 0.291 e. The molecular weight excluding hydrogens is 426 g/mol. The molecule has 164 valence electrons. The van der Waals surface area contributed by atoms with Crippen LogP contribution < -0.4 is 5.56 Å². The number of carbonyl (C=O) groups is 1. The molecule has 4 aromatic rings. The number of likely N-dealkylation sites (N-methyl/N-ethyl adjacent to an activating group) is 1. The van der Waals surface area contributed by atoms with E-state index in [1.807, 2.05) is 60.1 Å². The second-order valence-corrected chi connectivity index (χ2v) is 8.72. The lowest BCUT2D eigenvalue weighted by molar-refractivity contribution is -0.133. The molecule has 0 N–H and O–H groups in total. The Morgan fingerprint density at radius 3 is 2.59 bits per heavy atom. The molecule has 32 heavy (non-hydrogen) atoms. The predicted molar refractivity (Wildman–Crippen MR) is 126 cm³/mol. The third kappa shape index (κ3) is 3.78. The number of rotatable bonds is 4. The molecule has 1 aliphatic heterocycles. The maximum absolute atomic E-state index is 13.5. The van der Waals surface area contributed by atoms with E-state index in [1.165, 1.54) is 4.68 Å². The summed E-state index contributed by atoms with van der Waals surface area (Å²) in [7, 11) is 2.04. The summed E-state index contributed by atoms with van der Waals surface area (Å²) < 4.78 is 3.29. The van der Waals surface area contributed by atoms with E-state index in [2.05, 4.69) is 10.00 Å². The Morgan fingerprint density at radius 1 is 1.03 bits per heavy atom. The molecular formula is C24H24ClN5O2. The number of fused-ring (bicyclic) bond motifs is 3. The van der Waals surface area contributed by atoms with Gasteiger partial charge in [0.15, 0.2) is 0 Å². The Bertz CT molecular complexity index is 1370. The Hall–Kier alpha value is -3.16. The summed E-state index contributed by atoms with van der Waals surface area (Å²) in [4.78, 5) is 30.3. The van der Waals surface area contributed by atoms with Crippen LogP contribution in [0.5, 0.6) is 0 Å². The first kappa shape index (κ1) is 20.7. The van der Waals surface area contributed by atoms with Crippen molar-refractivity contribution in [3.8, 4) is 0 Å². The number of halogens is 1. The largest absolute Gasteiger partial charge is 0.339 e. The van der Waals surface area contributed by atoms with Crippen molar-refractivity contribution in [3.63, 3.8) is 0 Å². The quantitative estimate of drug-likeness (QED) is 0.480. The van der Waals surface area contributed by atoms with Gasteiger partial charge in [-0.2, -0.15) is 5.10 Å². The number of benzene rings is 2. The highest BCUT2D eigenvalue weighted by Crippen LogP contribution is 2.27. The van der Waals surface area contributed by atoms with Gasteiger partial charge >= 0.3 is 0 Å². The van der Waals surface area contributed by atoms with Gasteiger partial charge in [0.25, 0.3) is 5.56 Å². The Balaban J connectivity index is 1.57. The van der Waals surface area contributed by atoms with Crippen LogP contribution in [0.3, 0.4) is 0 Å². The standard InChI is InChI=1S/C24H24ClN5O2/c1-27-9-11-28(12-10-27)22(31)16-30-24(32)23-20(14-26-30)19-7-2-3-8-21(19)29(23)15-17-5-4-6-18(25)13-17/h2-8,13-14H,9-12,15-16H2,1H3. The fourth-order valence-electron chi connectivity index (χ4n) is 4.37. The van der Waals surface area contributed by atoms with E-state index in [0.29, 0.717) is 30.2 Å². The molecule has 2 aromatic heterocycles. The molecule has 0 atom stereocenters. The van der Waals surface area contributed by atoms with E-state index in [9.17, 15) is 9.59 Å². The summed E-state index contributed by atoms with van der Waals surface area (Å²) >= 11 is 6.19. The average molecular weight is 450 g/mol. The number of carbonyl (C=O) groups excluding carboxylic acids is 1. The lowest BCUT2D eigenvalue weighted by atomic mass is 10.2.